The standard InChI is InChI=1S/C11H22N4/c1-4-12-11(13-5-2)10-15-8-6-14(3)7-9-15/h4H,5-10H2,1-3H3. The monoisotopic (exact) mass is 210 g/mol. The molecule has 1 aliphatic heterocycles. The maximum Gasteiger partial charge on any atom is 0.137 e. The smallest absolute Gasteiger partial charge is 0.137 e. The first kappa shape index (κ1) is 12.3. The van der Waals surface area contributed by atoms with E-state index < -0.39 is 0 Å². The first-order chi connectivity index (χ1) is 7.26. The number of aliphatic imine (C=N–C) groups is 2. The minimum Gasteiger partial charge on any atom is -0.304 e. The molecule has 0 atom stereocenters. The van der Waals surface area contributed by atoms with Crippen LogP contribution in [0.3, 0.4) is 0 Å². The van der Waals surface area contributed by atoms with Gasteiger partial charge in [-0.3, -0.25) is 9.89 Å². The van der Waals surface area contributed by atoms with Crippen molar-refractivity contribution in [3.05, 3.63) is 0 Å². The highest BCUT2D eigenvalue weighted by atomic mass is 15.3. The lowest BCUT2D eigenvalue weighted by Crippen LogP contribution is -2.46. The summed E-state index contributed by atoms with van der Waals surface area (Å²) in [4.78, 5) is 13.5. The summed E-state index contributed by atoms with van der Waals surface area (Å²) >= 11 is 0. The second-order valence-electron chi connectivity index (χ2n) is 3.86. The predicted molar refractivity (Wildman–Crippen MR) is 66.1 cm³/mol. The lowest BCUT2D eigenvalue weighted by molar-refractivity contribution is 0.170. The van der Waals surface area contributed by atoms with E-state index in [1.807, 2.05) is 13.1 Å². The van der Waals surface area contributed by atoms with Crippen LogP contribution in [-0.2, 0) is 0 Å². The maximum atomic E-state index is 4.39. The summed E-state index contributed by atoms with van der Waals surface area (Å²) in [5, 5.41) is 0. The molecule has 0 aromatic rings. The molecule has 1 saturated heterocycles. The second kappa shape index (κ2) is 6.69. The summed E-state index contributed by atoms with van der Waals surface area (Å²) < 4.78 is 0. The molecule has 0 aromatic carbocycles. The average molecular weight is 210 g/mol. The molecule has 0 amide bonds. The largest absolute Gasteiger partial charge is 0.304 e. The molecular formula is C11H22N4. The van der Waals surface area contributed by atoms with Gasteiger partial charge in [0.2, 0.25) is 0 Å². The van der Waals surface area contributed by atoms with Crippen molar-refractivity contribution in [3.8, 4) is 0 Å². The second-order valence-corrected chi connectivity index (χ2v) is 3.86. The van der Waals surface area contributed by atoms with Crippen LogP contribution in [0.25, 0.3) is 0 Å². The van der Waals surface area contributed by atoms with E-state index in [-0.39, 0.29) is 0 Å². The van der Waals surface area contributed by atoms with Crippen molar-refractivity contribution in [2.75, 3.05) is 46.3 Å². The fourth-order valence-electron chi connectivity index (χ4n) is 1.67. The van der Waals surface area contributed by atoms with Crippen LogP contribution >= 0.6 is 0 Å². The molecule has 1 fully saturated rings. The quantitative estimate of drug-likeness (QED) is 0.508. The number of hydrogen-bond acceptors (Lipinski definition) is 3. The van der Waals surface area contributed by atoms with Crippen LogP contribution in [0.15, 0.2) is 9.98 Å². The van der Waals surface area contributed by atoms with E-state index in [0.717, 1.165) is 45.1 Å². The maximum absolute atomic E-state index is 4.39. The van der Waals surface area contributed by atoms with E-state index in [2.05, 4.69) is 33.8 Å². The predicted octanol–water partition coefficient (Wildman–Crippen LogP) is 0.743. The van der Waals surface area contributed by atoms with Gasteiger partial charge in [-0.05, 0) is 20.9 Å². The molecule has 15 heavy (non-hydrogen) atoms. The zero-order chi connectivity index (χ0) is 11.1. The molecule has 0 saturated carbocycles. The third-order valence-corrected chi connectivity index (χ3v) is 2.58. The van der Waals surface area contributed by atoms with Crippen LogP contribution in [0.1, 0.15) is 13.8 Å². The Morgan fingerprint density at radius 2 is 1.93 bits per heavy atom. The Bertz CT molecular complexity index is 227. The van der Waals surface area contributed by atoms with E-state index in [4.69, 9.17) is 0 Å². The van der Waals surface area contributed by atoms with E-state index >= 15 is 0 Å². The molecule has 0 aromatic heterocycles. The SMILES string of the molecule is CC=NC(CN1CCN(C)CC1)=NCC. The van der Waals surface area contributed by atoms with E-state index in [1.54, 1.807) is 0 Å². The zero-order valence-electron chi connectivity index (χ0n) is 10.1. The van der Waals surface area contributed by atoms with Gasteiger partial charge in [0, 0.05) is 38.9 Å². The van der Waals surface area contributed by atoms with Crippen LogP contribution < -0.4 is 0 Å². The van der Waals surface area contributed by atoms with Crippen molar-refractivity contribution in [2.24, 2.45) is 9.98 Å². The Hall–Kier alpha value is -0.740. The Balaban J connectivity index is 2.41. The molecule has 0 unspecified atom stereocenters. The molecule has 86 valence electrons. The molecule has 4 nitrogen and oxygen atoms in total. The number of amidine groups is 1. The average Bonchev–Trinajstić information content (AvgIpc) is 2.22. The summed E-state index contributed by atoms with van der Waals surface area (Å²) in [6, 6.07) is 0. The molecular weight excluding hydrogens is 188 g/mol. The third kappa shape index (κ3) is 4.53. The normalized spacial score (nSPS) is 21.4. The number of likely N-dealkylation sites (N-methyl/N-ethyl adjacent to an activating group) is 1. The van der Waals surface area contributed by atoms with Crippen molar-refractivity contribution < 1.29 is 0 Å². The van der Waals surface area contributed by atoms with E-state index in [9.17, 15) is 0 Å². The topological polar surface area (TPSA) is 31.2 Å². The molecule has 0 bridgehead atoms. The Kier molecular flexibility index (Phi) is 5.50. The summed E-state index contributed by atoms with van der Waals surface area (Å²) in [5.74, 6) is 0.963. The molecule has 1 heterocycles. The Morgan fingerprint density at radius 3 is 2.47 bits per heavy atom. The molecule has 0 radical (unpaired) electrons. The van der Waals surface area contributed by atoms with E-state index in [0.29, 0.717) is 0 Å². The minimum atomic E-state index is 0.820. The van der Waals surface area contributed by atoms with Gasteiger partial charge in [0.05, 0.1) is 6.54 Å². The Morgan fingerprint density at radius 1 is 1.27 bits per heavy atom. The van der Waals surface area contributed by atoms with Crippen molar-refractivity contribution in [1.29, 1.82) is 0 Å². The van der Waals surface area contributed by atoms with Crippen molar-refractivity contribution >= 4 is 12.1 Å². The zero-order valence-corrected chi connectivity index (χ0v) is 10.1. The van der Waals surface area contributed by atoms with Crippen LogP contribution in [-0.4, -0.2) is 68.2 Å². The van der Waals surface area contributed by atoms with Crippen molar-refractivity contribution in [1.82, 2.24) is 9.80 Å². The summed E-state index contributed by atoms with van der Waals surface area (Å²) in [6.07, 6.45) is 1.82. The molecule has 0 N–H and O–H groups in total. The van der Waals surface area contributed by atoms with Crippen molar-refractivity contribution in [2.45, 2.75) is 13.8 Å². The molecule has 1 rings (SSSR count). The highest BCUT2D eigenvalue weighted by Gasteiger charge is 2.14. The minimum absolute atomic E-state index is 0.820. The number of piperazine rings is 1. The van der Waals surface area contributed by atoms with Gasteiger partial charge in [-0.15, -0.1) is 0 Å². The molecule has 0 spiro atoms. The van der Waals surface area contributed by atoms with Crippen molar-refractivity contribution in [3.63, 3.8) is 0 Å². The summed E-state index contributed by atoms with van der Waals surface area (Å²) in [7, 11) is 2.17. The summed E-state index contributed by atoms with van der Waals surface area (Å²) in [6.45, 7) is 10.2. The van der Waals surface area contributed by atoms with Crippen LogP contribution in [0.5, 0.6) is 0 Å². The number of hydrogen-bond donors (Lipinski definition) is 0. The molecule has 0 aliphatic carbocycles. The first-order valence-electron chi connectivity index (χ1n) is 5.69. The van der Waals surface area contributed by atoms with E-state index in [1.165, 1.54) is 0 Å². The van der Waals surface area contributed by atoms with Gasteiger partial charge >= 0.3 is 0 Å². The number of rotatable bonds is 3. The highest BCUT2D eigenvalue weighted by Crippen LogP contribution is 1.99. The highest BCUT2D eigenvalue weighted by molar-refractivity contribution is 5.90. The van der Waals surface area contributed by atoms with Crippen LogP contribution in [0, 0.1) is 0 Å². The van der Waals surface area contributed by atoms with Crippen LogP contribution in [0.2, 0.25) is 0 Å². The Labute approximate surface area is 92.7 Å². The lowest BCUT2D eigenvalue weighted by Gasteiger charge is -2.31. The van der Waals surface area contributed by atoms with Gasteiger partial charge in [-0.2, -0.15) is 0 Å². The van der Waals surface area contributed by atoms with Gasteiger partial charge in [0.25, 0.3) is 0 Å². The fraction of sp³-hybridized carbons (Fsp3) is 0.818. The third-order valence-electron chi connectivity index (χ3n) is 2.58. The fourth-order valence-corrected chi connectivity index (χ4v) is 1.67. The number of nitrogens with zero attached hydrogens (tertiary/aromatic N) is 4. The van der Waals surface area contributed by atoms with Gasteiger partial charge in [0.15, 0.2) is 0 Å². The van der Waals surface area contributed by atoms with Crippen LogP contribution in [0.4, 0.5) is 0 Å². The van der Waals surface area contributed by atoms with Gasteiger partial charge in [-0.25, -0.2) is 4.99 Å². The van der Waals surface area contributed by atoms with Gasteiger partial charge < -0.3 is 4.90 Å². The van der Waals surface area contributed by atoms with Gasteiger partial charge in [0.1, 0.15) is 5.84 Å². The first-order valence-corrected chi connectivity index (χ1v) is 5.69. The molecule has 1 aliphatic rings. The lowest BCUT2D eigenvalue weighted by atomic mass is 10.3. The molecule has 4 heteroatoms. The summed E-state index contributed by atoms with van der Waals surface area (Å²) in [5.41, 5.74) is 0. The van der Waals surface area contributed by atoms with Gasteiger partial charge in [-0.1, -0.05) is 0 Å².